The van der Waals surface area contributed by atoms with E-state index in [2.05, 4.69) is 21.2 Å². The zero-order valence-electron chi connectivity index (χ0n) is 11.6. The van der Waals surface area contributed by atoms with Gasteiger partial charge in [0.05, 0.1) is 22.1 Å². The van der Waals surface area contributed by atoms with Crippen molar-refractivity contribution in [2.45, 2.75) is 6.42 Å². The monoisotopic (exact) mass is 412 g/mol. The highest BCUT2D eigenvalue weighted by Gasteiger charge is 2.23. The average molecular weight is 413 g/mol. The van der Waals surface area contributed by atoms with Crippen LogP contribution >= 0.6 is 15.9 Å². The summed E-state index contributed by atoms with van der Waals surface area (Å²) in [6.45, 7) is 0.202. The molecule has 0 unspecified atom stereocenters. The first-order chi connectivity index (χ1) is 10.8. The number of hydroxylamine groups is 3. The van der Waals surface area contributed by atoms with Crippen LogP contribution in [0.1, 0.15) is 6.42 Å². The quantitative estimate of drug-likeness (QED) is 0.387. The fraction of sp³-hybridized carbons (Fsp3) is 0.273. The number of nitrogens with one attached hydrogen (secondary N) is 2. The molecule has 1 aliphatic rings. The molecule has 0 atom stereocenters. The second-order valence-corrected chi connectivity index (χ2v) is 7.16. The van der Waals surface area contributed by atoms with Crippen LogP contribution in [-0.2, 0) is 15.0 Å². The summed E-state index contributed by atoms with van der Waals surface area (Å²) in [5, 5.41) is 22.4. The molecule has 0 saturated heterocycles. The van der Waals surface area contributed by atoms with E-state index in [9.17, 15) is 18.0 Å². The van der Waals surface area contributed by atoms with Gasteiger partial charge in [-0.3, -0.25) is 5.21 Å². The molecular formula is C11H14BrFN4O5S. The largest absolute Gasteiger partial charge is 0.366 e. The molecule has 23 heavy (non-hydrogen) atoms. The Hall–Kier alpha value is -1.44. The zero-order chi connectivity index (χ0) is 17.0. The third-order valence-electron chi connectivity index (χ3n) is 2.80. The molecule has 0 aromatic heterocycles. The minimum Gasteiger partial charge on any atom is -0.366 e. The van der Waals surface area contributed by atoms with Crippen molar-refractivity contribution in [2.75, 3.05) is 17.4 Å². The number of benzene rings is 1. The molecule has 0 spiro atoms. The molecule has 1 aromatic carbocycles. The minimum absolute atomic E-state index is 0.166. The fourth-order valence-electron chi connectivity index (χ4n) is 1.69. The van der Waals surface area contributed by atoms with Crippen LogP contribution in [0.15, 0.2) is 34.7 Å². The fourth-order valence-corrected chi connectivity index (χ4v) is 2.68. The molecule has 4 N–H and O–H groups in total. The third kappa shape index (κ3) is 4.76. The predicted molar refractivity (Wildman–Crippen MR) is 80.7 cm³/mol. The van der Waals surface area contributed by atoms with Gasteiger partial charge in [-0.25, -0.2) is 12.8 Å². The highest BCUT2D eigenvalue weighted by atomic mass is 79.9. The first kappa shape index (κ1) is 17.9. The molecule has 1 heterocycles. The zero-order valence-corrected chi connectivity index (χ0v) is 14.0. The second-order valence-electron chi connectivity index (χ2n) is 4.48. The summed E-state index contributed by atoms with van der Waals surface area (Å²) in [5.74, 6) is -0.556. The molecule has 2 rings (SSSR count). The maximum absolute atomic E-state index is 13.2. The Morgan fingerprint density at radius 3 is 2.78 bits per heavy atom. The Morgan fingerprint density at radius 2 is 2.13 bits per heavy atom. The Morgan fingerprint density at radius 1 is 1.39 bits per heavy atom. The Balaban J connectivity index is 1.93. The summed E-state index contributed by atoms with van der Waals surface area (Å²) in [6, 6.07) is 4.14. The molecule has 1 aromatic rings. The maximum Gasteiger partial charge on any atom is 0.233 e. The standard InChI is InChI=1S/C11H14BrFN4O5S/c12-9-6-8(2-3-10(9)13)16-7-11(17(19)22-16)14-4-1-5-23(20,21)15-18/h2-3,6-7,14-15,18-19H,1,4-5H2. The first-order valence-electron chi connectivity index (χ1n) is 6.33. The second kappa shape index (κ2) is 7.42. The number of anilines is 1. The van der Waals surface area contributed by atoms with Crippen LogP contribution < -0.4 is 15.3 Å². The van der Waals surface area contributed by atoms with E-state index in [-0.39, 0.29) is 29.0 Å². The van der Waals surface area contributed by atoms with Gasteiger partial charge in [0.1, 0.15) is 5.82 Å². The molecule has 0 amide bonds. The van der Waals surface area contributed by atoms with E-state index >= 15 is 0 Å². The van der Waals surface area contributed by atoms with E-state index < -0.39 is 15.8 Å². The third-order valence-corrected chi connectivity index (χ3v) is 4.52. The van der Waals surface area contributed by atoms with Crippen LogP contribution in [0.4, 0.5) is 10.1 Å². The van der Waals surface area contributed by atoms with Gasteiger partial charge >= 0.3 is 0 Å². The highest BCUT2D eigenvalue weighted by Crippen LogP contribution is 2.27. The van der Waals surface area contributed by atoms with E-state index in [1.54, 1.807) is 0 Å². The Bertz CT molecular complexity index is 702. The molecule has 1 aliphatic heterocycles. The maximum atomic E-state index is 13.2. The molecule has 0 aliphatic carbocycles. The Labute approximate surface area is 139 Å². The first-order valence-corrected chi connectivity index (χ1v) is 8.77. The number of sulfonamides is 1. The van der Waals surface area contributed by atoms with Crippen molar-refractivity contribution in [1.29, 1.82) is 0 Å². The molecule has 0 radical (unpaired) electrons. The van der Waals surface area contributed by atoms with Crippen molar-refractivity contribution in [3.05, 3.63) is 40.5 Å². The molecule has 0 fully saturated rings. The van der Waals surface area contributed by atoms with E-state index in [1.165, 1.54) is 34.3 Å². The molecule has 12 heteroatoms. The summed E-state index contributed by atoms with van der Waals surface area (Å²) >= 11 is 3.05. The van der Waals surface area contributed by atoms with Crippen LogP contribution in [0.25, 0.3) is 0 Å². The van der Waals surface area contributed by atoms with Gasteiger partial charge in [-0.15, -0.1) is 4.94 Å². The normalized spacial score (nSPS) is 15.0. The van der Waals surface area contributed by atoms with Crippen LogP contribution in [-0.4, -0.2) is 36.4 Å². The minimum atomic E-state index is -3.70. The van der Waals surface area contributed by atoms with Crippen LogP contribution in [0, 0.1) is 5.82 Å². The number of nitrogens with zero attached hydrogens (tertiary/aromatic N) is 2. The summed E-state index contributed by atoms with van der Waals surface area (Å²) in [7, 11) is -3.70. The topological polar surface area (TPSA) is 114 Å². The predicted octanol–water partition coefficient (Wildman–Crippen LogP) is 1.03. The molecule has 9 nitrogen and oxygen atoms in total. The van der Waals surface area contributed by atoms with Crippen LogP contribution in [0.2, 0.25) is 0 Å². The average Bonchev–Trinajstić information content (AvgIpc) is 2.88. The van der Waals surface area contributed by atoms with E-state index in [0.29, 0.717) is 10.9 Å². The highest BCUT2D eigenvalue weighted by molar-refractivity contribution is 9.10. The number of hydrogen-bond acceptors (Lipinski definition) is 8. The molecule has 128 valence electrons. The molecule has 0 saturated carbocycles. The van der Waals surface area contributed by atoms with Crippen LogP contribution in [0.3, 0.4) is 0 Å². The Kier molecular flexibility index (Phi) is 5.78. The lowest BCUT2D eigenvalue weighted by Gasteiger charge is -2.16. The van der Waals surface area contributed by atoms with Gasteiger partial charge in [0, 0.05) is 6.54 Å². The number of hydrogen-bond donors (Lipinski definition) is 4. The van der Waals surface area contributed by atoms with Gasteiger partial charge in [-0.2, -0.15) is 5.06 Å². The summed E-state index contributed by atoms with van der Waals surface area (Å²) in [6.07, 6.45) is 1.58. The van der Waals surface area contributed by atoms with E-state index in [1.807, 2.05) is 0 Å². The summed E-state index contributed by atoms with van der Waals surface area (Å²) in [4.78, 5) is 6.25. The molecular weight excluding hydrogens is 399 g/mol. The van der Waals surface area contributed by atoms with Gasteiger partial charge in [0.2, 0.25) is 10.0 Å². The van der Waals surface area contributed by atoms with Gasteiger partial charge in [-0.05, 0) is 40.5 Å². The van der Waals surface area contributed by atoms with Crippen molar-refractivity contribution in [1.82, 2.24) is 15.4 Å². The van der Waals surface area contributed by atoms with Crippen molar-refractivity contribution in [3.63, 3.8) is 0 Å². The number of halogens is 2. The summed E-state index contributed by atoms with van der Waals surface area (Å²) in [5.41, 5.74) is 0.459. The lowest BCUT2D eigenvalue weighted by atomic mass is 10.3. The summed E-state index contributed by atoms with van der Waals surface area (Å²) < 4.78 is 35.5. The SMILES string of the molecule is O=S(=O)(CCCNC1=CN(c2ccc(F)c(Br)c2)ON1O)NO. The van der Waals surface area contributed by atoms with Gasteiger partial charge in [-0.1, -0.05) is 10.1 Å². The van der Waals surface area contributed by atoms with Gasteiger partial charge < -0.3 is 10.5 Å². The van der Waals surface area contributed by atoms with Crippen molar-refractivity contribution in [3.8, 4) is 0 Å². The lowest BCUT2D eigenvalue weighted by molar-refractivity contribution is -0.306. The smallest absolute Gasteiger partial charge is 0.233 e. The lowest BCUT2D eigenvalue weighted by Crippen LogP contribution is -2.29. The molecule has 0 bridgehead atoms. The van der Waals surface area contributed by atoms with Crippen LogP contribution in [0.5, 0.6) is 0 Å². The van der Waals surface area contributed by atoms with E-state index in [0.717, 1.165) is 0 Å². The van der Waals surface area contributed by atoms with E-state index in [4.69, 9.17) is 10.1 Å². The van der Waals surface area contributed by atoms with Crippen molar-refractivity contribution < 1.29 is 28.2 Å². The number of rotatable bonds is 7. The van der Waals surface area contributed by atoms with Crippen molar-refractivity contribution in [2.24, 2.45) is 0 Å². The van der Waals surface area contributed by atoms with Gasteiger partial charge in [0.25, 0.3) is 0 Å². The van der Waals surface area contributed by atoms with Crippen molar-refractivity contribution >= 4 is 31.6 Å². The van der Waals surface area contributed by atoms with Gasteiger partial charge in [0.15, 0.2) is 5.82 Å².